The molecule has 1 amide bonds. The predicted molar refractivity (Wildman–Crippen MR) is 88.4 cm³/mol. The summed E-state index contributed by atoms with van der Waals surface area (Å²) < 4.78 is 21.9. The van der Waals surface area contributed by atoms with E-state index in [1.807, 2.05) is 0 Å². The predicted octanol–water partition coefficient (Wildman–Crippen LogP) is 0.393. The van der Waals surface area contributed by atoms with Crippen LogP contribution < -0.4 is 16.4 Å². The van der Waals surface area contributed by atoms with Gasteiger partial charge in [0.2, 0.25) is 0 Å². The summed E-state index contributed by atoms with van der Waals surface area (Å²) in [4.78, 5) is 16.6. The molecular weight excluding hydrogens is 327 g/mol. The molecule has 25 heavy (non-hydrogen) atoms. The highest BCUT2D eigenvalue weighted by Gasteiger charge is 2.32. The minimum atomic E-state index is -0.514. The number of aryl methyl sites for hydroxylation is 1. The topological polar surface area (TPSA) is 107 Å². The molecule has 2 atom stereocenters. The number of anilines is 1. The molecule has 4 heterocycles. The van der Waals surface area contributed by atoms with Crippen molar-refractivity contribution in [1.29, 1.82) is 0 Å². The fraction of sp³-hybridized carbons (Fsp3) is 0.438. The highest BCUT2D eigenvalue weighted by atomic mass is 19.1. The van der Waals surface area contributed by atoms with E-state index in [0.29, 0.717) is 36.5 Å². The number of carbonyl (C=O) groups is 1. The maximum Gasteiger partial charge on any atom is 0.254 e. The van der Waals surface area contributed by atoms with Crippen molar-refractivity contribution in [3.05, 3.63) is 29.3 Å². The molecule has 4 N–H and O–H groups in total. The Labute approximate surface area is 143 Å². The van der Waals surface area contributed by atoms with E-state index in [0.717, 1.165) is 0 Å². The Hall–Kier alpha value is -2.52. The first-order chi connectivity index (χ1) is 12.0. The number of fused-ring (bicyclic) bond motifs is 1. The average molecular weight is 346 g/mol. The van der Waals surface area contributed by atoms with Crippen molar-refractivity contribution >= 4 is 11.7 Å². The number of hydrogen-bond donors (Lipinski definition) is 3. The SMILES string of the molecule is Cn1cc(-c2nc(NC3CCOCC3N)c(F)c3c2C(=O)NC3)cn1. The number of hydrogen-bond acceptors (Lipinski definition) is 6. The van der Waals surface area contributed by atoms with Gasteiger partial charge >= 0.3 is 0 Å². The number of nitrogens with zero attached hydrogens (tertiary/aromatic N) is 3. The number of pyridine rings is 1. The minimum absolute atomic E-state index is 0.108. The highest BCUT2D eigenvalue weighted by molar-refractivity contribution is 6.04. The van der Waals surface area contributed by atoms with Crippen LogP contribution in [0.15, 0.2) is 12.4 Å². The van der Waals surface area contributed by atoms with Crippen LogP contribution >= 0.6 is 0 Å². The van der Waals surface area contributed by atoms with E-state index in [1.165, 1.54) is 0 Å². The summed E-state index contributed by atoms with van der Waals surface area (Å²) in [5.41, 5.74) is 7.72. The Morgan fingerprint density at radius 2 is 2.36 bits per heavy atom. The molecule has 2 unspecified atom stereocenters. The molecule has 0 aromatic carbocycles. The Morgan fingerprint density at radius 3 is 3.08 bits per heavy atom. The molecule has 9 heteroatoms. The molecule has 2 aromatic rings. The Bertz CT molecular complexity index is 836. The Balaban J connectivity index is 1.79. The molecule has 2 aliphatic rings. The Kier molecular flexibility index (Phi) is 3.89. The number of rotatable bonds is 3. The van der Waals surface area contributed by atoms with Gasteiger partial charge in [-0.15, -0.1) is 0 Å². The normalized spacial score (nSPS) is 22.6. The second-order valence-electron chi connectivity index (χ2n) is 6.34. The number of halogens is 1. The van der Waals surface area contributed by atoms with Gasteiger partial charge in [-0.1, -0.05) is 0 Å². The molecule has 0 saturated carbocycles. The number of amides is 1. The van der Waals surface area contributed by atoms with Gasteiger partial charge in [0.1, 0.15) is 0 Å². The van der Waals surface area contributed by atoms with Gasteiger partial charge in [-0.05, 0) is 6.42 Å². The van der Waals surface area contributed by atoms with Crippen LogP contribution in [0.3, 0.4) is 0 Å². The summed E-state index contributed by atoms with van der Waals surface area (Å²) in [6, 6.07) is -0.384. The molecule has 2 aromatic heterocycles. The van der Waals surface area contributed by atoms with Crippen molar-refractivity contribution in [2.75, 3.05) is 18.5 Å². The highest BCUT2D eigenvalue weighted by Crippen LogP contribution is 2.33. The Morgan fingerprint density at radius 1 is 1.52 bits per heavy atom. The number of ether oxygens (including phenoxy) is 1. The van der Waals surface area contributed by atoms with Gasteiger partial charge in [-0.25, -0.2) is 9.37 Å². The summed E-state index contributed by atoms with van der Waals surface area (Å²) in [5.74, 6) is -0.731. The van der Waals surface area contributed by atoms with Crippen LogP contribution in [0.5, 0.6) is 0 Å². The lowest BCUT2D eigenvalue weighted by Crippen LogP contribution is -2.48. The molecule has 0 spiro atoms. The molecule has 8 nitrogen and oxygen atoms in total. The molecule has 0 radical (unpaired) electrons. The van der Waals surface area contributed by atoms with Crippen molar-refractivity contribution in [1.82, 2.24) is 20.1 Å². The summed E-state index contributed by atoms with van der Waals surface area (Å²) in [6.07, 6.45) is 4.02. The van der Waals surface area contributed by atoms with Crippen molar-refractivity contribution in [3.63, 3.8) is 0 Å². The van der Waals surface area contributed by atoms with E-state index in [1.54, 1.807) is 24.1 Å². The van der Waals surface area contributed by atoms with Gasteiger partial charge in [-0.2, -0.15) is 5.10 Å². The van der Waals surface area contributed by atoms with E-state index >= 15 is 0 Å². The fourth-order valence-corrected chi connectivity index (χ4v) is 3.24. The van der Waals surface area contributed by atoms with Gasteiger partial charge in [0, 0.05) is 49.6 Å². The molecule has 0 bridgehead atoms. The van der Waals surface area contributed by atoms with Crippen LogP contribution in [-0.4, -0.2) is 46.0 Å². The van der Waals surface area contributed by atoms with E-state index < -0.39 is 5.82 Å². The average Bonchev–Trinajstić information content (AvgIpc) is 3.19. The van der Waals surface area contributed by atoms with E-state index in [2.05, 4.69) is 20.7 Å². The molecule has 0 aliphatic carbocycles. The molecule has 1 fully saturated rings. The lowest BCUT2D eigenvalue weighted by molar-refractivity contribution is 0.0751. The van der Waals surface area contributed by atoms with Gasteiger partial charge < -0.3 is 21.1 Å². The third-order valence-corrected chi connectivity index (χ3v) is 4.59. The molecule has 132 valence electrons. The maximum absolute atomic E-state index is 14.9. The summed E-state index contributed by atoms with van der Waals surface area (Å²) >= 11 is 0. The molecule has 4 rings (SSSR count). The van der Waals surface area contributed by atoms with Gasteiger partial charge in [0.05, 0.1) is 24.1 Å². The molecule has 1 saturated heterocycles. The minimum Gasteiger partial charge on any atom is -0.380 e. The van der Waals surface area contributed by atoms with E-state index in [9.17, 15) is 9.18 Å². The van der Waals surface area contributed by atoms with Crippen molar-refractivity contribution in [2.24, 2.45) is 12.8 Å². The smallest absolute Gasteiger partial charge is 0.254 e. The molecule has 2 aliphatic heterocycles. The summed E-state index contributed by atoms with van der Waals surface area (Å²) in [5, 5.41) is 9.88. The standard InChI is InChI=1S/C16H19FN6O2/c1-23-6-8(4-20-23)14-12-9(5-19-16(12)24)13(17)15(22-14)21-11-2-3-25-7-10(11)18/h4,6,10-11H,2-3,5,7,18H2,1H3,(H,19,24)(H,21,22). The lowest BCUT2D eigenvalue weighted by Gasteiger charge is -2.30. The van der Waals surface area contributed by atoms with Crippen molar-refractivity contribution in [2.45, 2.75) is 25.0 Å². The first kappa shape index (κ1) is 16.0. The van der Waals surface area contributed by atoms with Crippen molar-refractivity contribution in [3.8, 4) is 11.3 Å². The lowest BCUT2D eigenvalue weighted by atomic mass is 10.0. The monoisotopic (exact) mass is 346 g/mol. The summed E-state index contributed by atoms with van der Waals surface area (Å²) in [6.45, 7) is 1.12. The van der Waals surface area contributed by atoms with Crippen molar-refractivity contribution < 1.29 is 13.9 Å². The van der Waals surface area contributed by atoms with E-state index in [4.69, 9.17) is 10.5 Å². The zero-order valence-electron chi connectivity index (χ0n) is 13.8. The number of aromatic nitrogens is 3. The first-order valence-corrected chi connectivity index (χ1v) is 8.14. The second-order valence-corrected chi connectivity index (χ2v) is 6.34. The van der Waals surface area contributed by atoms with Gasteiger partial charge in [-0.3, -0.25) is 9.48 Å². The third-order valence-electron chi connectivity index (χ3n) is 4.59. The first-order valence-electron chi connectivity index (χ1n) is 8.14. The third kappa shape index (κ3) is 2.75. The van der Waals surface area contributed by atoms with E-state index in [-0.39, 0.29) is 35.9 Å². The molecular formula is C16H19FN6O2. The van der Waals surface area contributed by atoms with Crippen LogP contribution in [0.4, 0.5) is 10.2 Å². The quantitative estimate of drug-likeness (QED) is 0.742. The van der Waals surface area contributed by atoms with Crippen LogP contribution in [-0.2, 0) is 18.3 Å². The van der Waals surface area contributed by atoms with Gasteiger partial charge in [0.15, 0.2) is 11.6 Å². The van der Waals surface area contributed by atoms with Crippen LogP contribution in [0, 0.1) is 5.82 Å². The van der Waals surface area contributed by atoms with Crippen LogP contribution in [0.25, 0.3) is 11.3 Å². The maximum atomic E-state index is 14.9. The number of carbonyl (C=O) groups excluding carboxylic acids is 1. The number of nitrogens with two attached hydrogens (primary N) is 1. The fourth-order valence-electron chi connectivity index (χ4n) is 3.24. The van der Waals surface area contributed by atoms with Crippen LogP contribution in [0.1, 0.15) is 22.3 Å². The zero-order valence-corrected chi connectivity index (χ0v) is 13.8. The van der Waals surface area contributed by atoms with Crippen LogP contribution in [0.2, 0.25) is 0 Å². The second kappa shape index (κ2) is 6.08. The van der Waals surface area contributed by atoms with Gasteiger partial charge in [0.25, 0.3) is 5.91 Å². The number of nitrogens with one attached hydrogen (secondary N) is 2. The summed E-state index contributed by atoms with van der Waals surface area (Å²) in [7, 11) is 1.77. The largest absolute Gasteiger partial charge is 0.380 e. The zero-order chi connectivity index (χ0) is 17.6.